The Bertz CT molecular complexity index is 524. The van der Waals surface area contributed by atoms with Crippen LogP contribution < -0.4 is 10.4 Å². The van der Waals surface area contributed by atoms with Crippen molar-refractivity contribution in [3.05, 3.63) is 28.8 Å². The maximum absolute atomic E-state index is 11.5. The molecule has 0 aliphatic rings. The van der Waals surface area contributed by atoms with E-state index in [4.69, 9.17) is 0 Å². The highest BCUT2D eigenvalue weighted by molar-refractivity contribution is 5.67. The number of pyridine rings is 1. The van der Waals surface area contributed by atoms with Crippen LogP contribution in [0, 0.1) is 0 Å². The van der Waals surface area contributed by atoms with Gasteiger partial charge >= 0.3 is 11.3 Å². The Kier molecular flexibility index (Phi) is 1.80. The first kappa shape index (κ1) is 8.80. The first-order valence-electron chi connectivity index (χ1n) is 4.45. The van der Waals surface area contributed by atoms with Crippen molar-refractivity contribution in [1.82, 2.24) is 9.55 Å². The molecular weight excluding hydrogens is 182 g/mol. The normalized spacial score (nSPS) is 11.4. The average Bonchev–Trinajstić information content (AvgIpc) is 2.42. The molecule has 0 aliphatic heterocycles. The van der Waals surface area contributed by atoms with Crippen LogP contribution in [0.5, 0.6) is 0 Å². The summed E-state index contributed by atoms with van der Waals surface area (Å²) < 4.78 is 2.51. The van der Waals surface area contributed by atoms with Crippen molar-refractivity contribution in [2.75, 3.05) is 0 Å². The van der Waals surface area contributed by atoms with E-state index in [1.807, 2.05) is 13.8 Å². The number of imidazole rings is 1. The number of aromatic amines is 1. The van der Waals surface area contributed by atoms with Gasteiger partial charge in [-0.2, -0.15) is 4.98 Å². The third-order valence-corrected chi connectivity index (χ3v) is 2.17. The fourth-order valence-electron chi connectivity index (χ4n) is 1.59. The Morgan fingerprint density at radius 1 is 1.57 bits per heavy atom. The Morgan fingerprint density at radius 3 is 2.93 bits per heavy atom. The Balaban J connectivity index is 2.91. The molecule has 0 spiro atoms. The topological polar surface area (TPSA) is 61.9 Å². The molecule has 0 aliphatic carbocycles. The molecule has 2 aromatic rings. The van der Waals surface area contributed by atoms with Gasteiger partial charge in [-0.25, -0.2) is 4.79 Å². The number of aromatic nitrogens is 3. The standard InChI is InChI=1S/C9H11N3O2/c1-6(2)12-7-4-3-5-11(14)8(7)10-9(12)13/h3-6,14H,1-2H3/p+1. The number of fused-ring (bicyclic) bond motifs is 1. The van der Waals surface area contributed by atoms with Gasteiger partial charge < -0.3 is 5.21 Å². The summed E-state index contributed by atoms with van der Waals surface area (Å²) in [4.78, 5) is 14.1. The molecule has 74 valence electrons. The zero-order chi connectivity index (χ0) is 10.3. The number of H-pyrrole nitrogens is 1. The molecule has 0 aromatic carbocycles. The maximum atomic E-state index is 11.5. The summed E-state index contributed by atoms with van der Waals surface area (Å²) in [6.07, 6.45) is 1.48. The lowest BCUT2D eigenvalue weighted by Gasteiger charge is -2.03. The van der Waals surface area contributed by atoms with Gasteiger partial charge in [-0.1, -0.05) is 0 Å². The predicted octanol–water partition coefficient (Wildman–Crippen LogP) is 0.435. The molecule has 0 saturated carbocycles. The van der Waals surface area contributed by atoms with Gasteiger partial charge in [-0.3, -0.25) is 4.57 Å². The second-order valence-electron chi connectivity index (χ2n) is 3.48. The van der Waals surface area contributed by atoms with Crippen LogP contribution >= 0.6 is 0 Å². The highest BCUT2D eigenvalue weighted by atomic mass is 16.5. The van der Waals surface area contributed by atoms with Crippen molar-refractivity contribution in [3.63, 3.8) is 0 Å². The molecule has 0 amide bonds. The van der Waals surface area contributed by atoms with Gasteiger partial charge in [0.2, 0.25) is 0 Å². The third-order valence-electron chi connectivity index (χ3n) is 2.17. The quantitative estimate of drug-likeness (QED) is 0.511. The van der Waals surface area contributed by atoms with E-state index in [9.17, 15) is 10.0 Å². The van der Waals surface area contributed by atoms with E-state index in [1.165, 1.54) is 6.20 Å². The van der Waals surface area contributed by atoms with Gasteiger partial charge in [0.25, 0.3) is 0 Å². The van der Waals surface area contributed by atoms with Crippen molar-refractivity contribution in [3.8, 4) is 0 Å². The summed E-state index contributed by atoms with van der Waals surface area (Å²) in [5, 5.41) is 9.42. The zero-order valence-corrected chi connectivity index (χ0v) is 8.06. The second kappa shape index (κ2) is 2.87. The van der Waals surface area contributed by atoms with Crippen LogP contribution in [0.1, 0.15) is 19.9 Å². The maximum Gasteiger partial charge on any atom is 0.414 e. The summed E-state index contributed by atoms with van der Waals surface area (Å²) in [7, 11) is 0. The predicted molar refractivity (Wildman–Crippen MR) is 50.3 cm³/mol. The lowest BCUT2D eigenvalue weighted by molar-refractivity contribution is -0.885. The van der Waals surface area contributed by atoms with Crippen molar-refractivity contribution >= 4 is 11.2 Å². The van der Waals surface area contributed by atoms with Gasteiger partial charge in [0.05, 0.1) is 0 Å². The molecule has 0 atom stereocenters. The van der Waals surface area contributed by atoms with Crippen LogP contribution in [0.25, 0.3) is 11.2 Å². The van der Waals surface area contributed by atoms with Gasteiger partial charge in [0.1, 0.15) is 11.7 Å². The molecular formula is C9H12N3O2+. The fourth-order valence-corrected chi connectivity index (χ4v) is 1.59. The van der Waals surface area contributed by atoms with E-state index in [0.29, 0.717) is 11.2 Å². The van der Waals surface area contributed by atoms with Crippen LogP contribution in [-0.4, -0.2) is 14.8 Å². The second-order valence-corrected chi connectivity index (χ2v) is 3.48. The van der Waals surface area contributed by atoms with E-state index < -0.39 is 0 Å². The third kappa shape index (κ3) is 1.09. The lowest BCUT2D eigenvalue weighted by Crippen LogP contribution is -2.30. The van der Waals surface area contributed by atoms with Crippen molar-refractivity contribution < 1.29 is 9.94 Å². The van der Waals surface area contributed by atoms with Gasteiger partial charge in [-0.15, -0.1) is 0 Å². The zero-order valence-electron chi connectivity index (χ0n) is 8.06. The minimum absolute atomic E-state index is 0.0682. The average molecular weight is 194 g/mol. The van der Waals surface area contributed by atoms with E-state index in [-0.39, 0.29) is 11.7 Å². The summed E-state index contributed by atoms with van der Waals surface area (Å²) in [6.45, 7) is 3.84. The van der Waals surface area contributed by atoms with Crippen molar-refractivity contribution in [1.29, 1.82) is 0 Å². The molecule has 0 unspecified atom stereocenters. The molecule has 2 N–H and O–H groups in total. The Morgan fingerprint density at radius 2 is 2.29 bits per heavy atom. The van der Waals surface area contributed by atoms with Crippen LogP contribution in [0.15, 0.2) is 23.1 Å². The number of hydrogen-bond donors (Lipinski definition) is 2. The minimum Gasteiger partial charge on any atom is -0.350 e. The van der Waals surface area contributed by atoms with E-state index in [1.54, 1.807) is 16.7 Å². The Labute approximate surface area is 80.2 Å². The molecule has 0 fully saturated rings. The molecule has 14 heavy (non-hydrogen) atoms. The molecule has 5 heteroatoms. The van der Waals surface area contributed by atoms with Gasteiger partial charge in [0.15, 0.2) is 0 Å². The fraction of sp³-hybridized carbons (Fsp3) is 0.333. The summed E-state index contributed by atoms with van der Waals surface area (Å²) in [6, 6.07) is 3.55. The Hall–Kier alpha value is -1.78. The van der Waals surface area contributed by atoms with Crippen molar-refractivity contribution in [2.45, 2.75) is 19.9 Å². The highest BCUT2D eigenvalue weighted by Gasteiger charge is 2.17. The summed E-state index contributed by atoms with van der Waals surface area (Å²) in [5.74, 6) is 0. The smallest absolute Gasteiger partial charge is 0.350 e. The molecule has 0 bridgehead atoms. The minimum atomic E-state index is -0.205. The molecule has 2 heterocycles. The summed E-state index contributed by atoms with van der Waals surface area (Å²) >= 11 is 0. The van der Waals surface area contributed by atoms with E-state index in [0.717, 1.165) is 4.73 Å². The highest BCUT2D eigenvalue weighted by Crippen LogP contribution is 2.09. The van der Waals surface area contributed by atoms with Crippen LogP contribution in [0.4, 0.5) is 0 Å². The van der Waals surface area contributed by atoms with Crippen LogP contribution in [-0.2, 0) is 0 Å². The monoisotopic (exact) mass is 194 g/mol. The SMILES string of the molecule is CC(C)n1c(=O)[nH]c2c1ccc[n+]2O. The first-order valence-corrected chi connectivity index (χ1v) is 4.45. The lowest BCUT2D eigenvalue weighted by atomic mass is 10.3. The summed E-state index contributed by atoms with van der Waals surface area (Å²) in [5.41, 5.74) is 0.921. The van der Waals surface area contributed by atoms with Crippen molar-refractivity contribution in [2.24, 2.45) is 0 Å². The molecule has 0 radical (unpaired) electrons. The number of nitrogens with zero attached hydrogens (tertiary/aromatic N) is 2. The molecule has 5 nitrogen and oxygen atoms in total. The van der Waals surface area contributed by atoms with Crippen LogP contribution in [0.3, 0.4) is 0 Å². The molecule has 2 aromatic heterocycles. The number of nitrogens with one attached hydrogen (secondary N) is 1. The number of hydrogen-bond acceptors (Lipinski definition) is 2. The van der Waals surface area contributed by atoms with E-state index in [2.05, 4.69) is 4.98 Å². The molecule has 0 saturated heterocycles. The first-order chi connectivity index (χ1) is 6.61. The van der Waals surface area contributed by atoms with Gasteiger partial charge in [-0.05, 0) is 30.7 Å². The largest absolute Gasteiger partial charge is 0.414 e. The molecule has 2 rings (SSSR count). The van der Waals surface area contributed by atoms with Gasteiger partial charge in [0, 0.05) is 6.04 Å². The number of rotatable bonds is 1. The van der Waals surface area contributed by atoms with E-state index >= 15 is 0 Å². The van der Waals surface area contributed by atoms with Crippen LogP contribution in [0.2, 0.25) is 0 Å².